The van der Waals surface area contributed by atoms with Crippen molar-refractivity contribution in [2.75, 3.05) is 26.7 Å². The minimum absolute atomic E-state index is 0.0118. The SMILES string of the molecule is CCCN(C)[C@H]1CN(C(=O)Cn2cnnn2)C[C@@H]1O. The summed E-state index contributed by atoms with van der Waals surface area (Å²) in [5, 5.41) is 20.7. The van der Waals surface area contributed by atoms with E-state index in [9.17, 15) is 9.90 Å². The minimum Gasteiger partial charge on any atom is -0.390 e. The molecule has 0 unspecified atom stereocenters. The van der Waals surface area contributed by atoms with Gasteiger partial charge in [-0.1, -0.05) is 6.92 Å². The second-order valence-electron chi connectivity index (χ2n) is 4.92. The van der Waals surface area contributed by atoms with Crippen LogP contribution in [0.5, 0.6) is 0 Å². The zero-order valence-electron chi connectivity index (χ0n) is 11.3. The van der Waals surface area contributed by atoms with Crippen LogP contribution < -0.4 is 0 Å². The Morgan fingerprint density at radius 2 is 2.32 bits per heavy atom. The van der Waals surface area contributed by atoms with Gasteiger partial charge in [0, 0.05) is 13.1 Å². The highest BCUT2D eigenvalue weighted by Crippen LogP contribution is 2.16. The Bertz CT molecular complexity index is 409. The number of hydrogen-bond acceptors (Lipinski definition) is 6. The summed E-state index contributed by atoms with van der Waals surface area (Å²) in [4.78, 5) is 15.8. The molecule has 8 nitrogen and oxygen atoms in total. The van der Waals surface area contributed by atoms with Crippen LogP contribution in [0.2, 0.25) is 0 Å². The molecule has 0 aromatic carbocycles. The van der Waals surface area contributed by atoms with Crippen molar-refractivity contribution in [2.24, 2.45) is 0 Å². The number of likely N-dealkylation sites (N-methyl/N-ethyl adjacent to an activating group) is 1. The Labute approximate surface area is 112 Å². The number of tetrazole rings is 1. The molecule has 1 aromatic rings. The Kier molecular flexibility index (Phi) is 4.43. The second-order valence-corrected chi connectivity index (χ2v) is 4.92. The van der Waals surface area contributed by atoms with Gasteiger partial charge in [-0.25, -0.2) is 4.68 Å². The average Bonchev–Trinajstić information content (AvgIpc) is 2.98. The first-order valence-corrected chi connectivity index (χ1v) is 6.48. The van der Waals surface area contributed by atoms with Gasteiger partial charge in [-0.3, -0.25) is 9.69 Å². The molecule has 0 bridgehead atoms. The van der Waals surface area contributed by atoms with E-state index in [0.717, 1.165) is 13.0 Å². The predicted molar refractivity (Wildman–Crippen MR) is 67.1 cm³/mol. The van der Waals surface area contributed by atoms with E-state index in [0.29, 0.717) is 13.1 Å². The quantitative estimate of drug-likeness (QED) is 0.706. The number of aliphatic hydroxyl groups is 1. The topological polar surface area (TPSA) is 87.4 Å². The molecule has 0 radical (unpaired) electrons. The van der Waals surface area contributed by atoms with Gasteiger partial charge in [0.15, 0.2) is 0 Å². The maximum Gasteiger partial charge on any atom is 0.244 e. The highest BCUT2D eigenvalue weighted by molar-refractivity contribution is 5.76. The fourth-order valence-corrected chi connectivity index (χ4v) is 2.42. The summed E-state index contributed by atoms with van der Waals surface area (Å²) >= 11 is 0. The van der Waals surface area contributed by atoms with E-state index < -0.39 is 6.10 Å². The van der Waals surface area contributed by atoms with E-state index in [1.54, 1.807) is 4.90 Å². The van der Waals surface area contributed by atoms with Crippen LogP contribution in [0.25, 0.3) is 0 Å². The zero-order valence-corrected chi connectivity index (χ0v) is 11.3. The molecule has 2 atom stereocenters. The van der Waals surface area contributed by atoms with Crippen LogP contribution in [0.4, 0.5) is 0 Å². The molecule has 1 aliphatic heterocycles. The zero-order chi connectivity index (χ0) is 13.8. The number of carbonyl (C=O) groups excluding carboxylic acids is 1. The van der Waals surface area contributed by atoms with Crippen molar-refractivity contribution in [1.82, 2.24) is 30.0 Å². The lowest BCUT2D eigenvalue weighted by Gasteiger charge is -2.25. The molecular formula is C11H20N6O2. The standard InChI is InChI=1S/C11H20N6O2/c1-3-4-15(2)9-5-16(6-10(9)18)11(19)7-17-8-12-13-14-17/h8-10,18H,3-7H2,1-2H3/t9-,10-/m0/s1. The van der Waals surface area contributed by atoms with E-state index in [2.05, 4.69) is 27.3 Å². The minimum atomic E-state index is -0.491. The van der Waals surface area contributed by atoms with Crippen LogP contribution >= 0.6 is 0 Å². The molecule has 0 saturated carbocycles. The van der Waals surface area contributed by atoms with Crippen molar-refractivity contribution in [3.05, 3.63) is 6.33 Å². The molecule has 8 heteroatoms. The fourth-order valence-electron chi connectivity index (χ4n) is 2.42. The number of likely N-dealkylation sites (tertiary alicyclic amines) is 1. The van der Waals surface area contributed by atoms with Gasteiger partial charge in [0.1, 0.15) is 12.9 Å². The number of aromatic nitrogens is 4. The Hall–Kier alpha value is -1.54. The number of β-amino-alcohol motifs (C(OH)–C–C–N with tert-alkyl or cyclic N) is 1. The van der Waals surface area contributed by atoms with Crippen molar-refractivity contribution in [1.29, 1.82) is 0 Å². The maximum atomic E-state index is 12.1. The van der Waals surface area contributed by atoms with Gasteiger partial charge < -0.3 is 10.0 Å². The predicted octanol–water partition coefficient (Wildman–Crippen LogP) is -1.41. The Balaban J connectivity index is 1.91. The summed E-state index contributed by atoms with van der Waals surface area (Å²) in [6.07, 6.45) is 1.94. The molecule has 1 saturated heterocycles. The van der Waals surface area contributed by atoms with Gasteiger partial charge in [-0.05, 0) is 30.4 Å². The molecule has 1 N–H and O–H groups in total. The van der Waals surface area contributed by atoms with E-state index >= 15 is 0 Å². The molecule has 0 spiro atoms. The van der Waals surface area contributed by atoms with Gasteiger partial charge in [0.25, 0.3) is 0 Å². The summed E-state index contributed by atoms with van der Waals surface area (Å²) in [5.41, 5.74) is 0. The number of amides is 1. The van der Waals surface area contributed by atoms with E-state index in [1.165, 1.54) is 11.0 Å². The molecule has 1 fully saturated rings. The van der Waals surface area contributed by atoms with Gasteiger partial charge >= 0.3 is 0 Å². The maximum absolute atomic E-state index is 12.1. The first kappa shape index (κ1) is 13.9. The highest BCUT2D eigenvalue weighted by Gasteiger charge is 2.36. The van der Waals surface area contributed by atoms with Crippen LogP contribution in [-0.4, -0.2) is 79.8 Å². The molecule has 2 rings (SSSR count). The molecule has 1 aromatic heterocycles. The number of aliphatic hydroxyl groups excluding tert-OH is 1. The average molecular weight is 268 g/mol. The lowest BCUT2D eigenvalue weighted by molar-refractivity contribution is -0.131. The smallest absolute Gasteiger partial charge is 0.244 e. The normalized spacial score (nSPS) is 23.3. The summed E-state index contributed by atoms with van der Waals surface area (Å²) in [7, 11) is 1.98. The van der Waals surface area contributed by atoms with Gasteiger partial charge in [-0.15, -0.1) is 5.10 Å². The summed E-state index contributed by atoms with van der Waals surface area (Å²) in [6.45, 7) is 4.05. The third-order valence-corrected chi connectivity index (χ3v) is 3.44. The van der Waals surface area contributed by atoms with Crippen LogP contribution in [0, 0.1) is 0 Å². The van der Waals surface area contributed by atoms with E-state index in [4.69, 9.17) is 0 Å². The lowest BCUT2D eigenvalue weighted by Crippen LogP contribution is -2.41. The fraction of sp³-hybridized carbons (Fsp3) is 0.818. The Morgan fingerprint density at radius 1 is 1.53 bits per heavy atom. The molecule has 106 valence electrons. The molecule has 1 amide bonds. The van der Waals surface area contributed by atoms with Crippen LogP contribution in [-0.2, 0) is 11.3 Å². The van der Waals surface area contributed by atoms with E-state index in [-0.39, 0.29) is 18.5 Å². The molecule has 2 heterocycles. The third-order valence-electron chi connectivity index (χ3n) is 3.44. The number of hydrogen-bond donors (Lipinski definition) is 1. The summed E-state index contributed by atoms with van der Waals surface area (Å²) in [5.74, 6) is -0.0706. The number of nitrogens with zero attached hydrogens (tertiary/aromatic N) is 6. The third kappa shape index (κ3) is 3.27. The highest BCUT2D eigenvalue weighted by atomic mass is 16.3. The van der Waals surface area contributed by atoms with Crippen molar-refractivity contribution >= 4 is 5.91 Å². The molecule has 0 aliphatic carbocycles. The Morgan fingerprint density at radius 3 is 2.95 bits per heavy atom. The molecule has 1 aliphatic rings. The first-order valence-electron chi connectivity index (χ1n) is 6.48. The van der Waals surface area contributed by atoms with E-state index in [1.807, 2.05) is 7.05 Å². The van der Waals surface area contributed by atoms with Crippen molar-refractivity contribution in [3.8, 4) is 0 Å². The van der Waals surface area contributed by atoms with Crippen molar-refractivity contribution < 1.29 is 9.90 Å². The van der Waals surface area contributed by atoms with Crippen molar-refractivity contribution in [3.63, 3.8) is 0 Å². The summed E-state index contributed by atoms with van der Waals surface area (Å²) < 4.78 is 1.39. The summed E-state index contributed by atoms with van der Waals surface area (Å²) in [6, 6.07) is 0.0118. The molecule has 19 heavy (non-hydrogen) atoms. The van der Waals surface area contributed by atoms with Gasteiger partial charge in [-0.2, -0.15) is 0 Å². The van der Waals surface area contributed by atoms with Crippen LogP contribution in [0.3, 0.4) is 0 Å². The van der Waals surface area contributed by atoms with Crippen molar-refractivity contribution in [2.45, 2.75) is 32.0 Å². The van der Waals surface area contributed by atoms with Crippen LogP contribution in [0.15, 0.2) is 6.33 Å². The van der Waals surface area contributed by atoms with Gasteiger partial charge in [0.2, 0.25) is 5.91 Å². The first-order chi connectivity index (χ1) is 9.11. The second kappa shape index (κ2) is 6.07. The largest absolute Gasteiger partial charge is 0.390 e. The molecular weight excluding hydrogens is 248 g/mol. The van der Waals surface area contributed by atoms with Gasteiger partial charge in [0.05, 0.1) is 12.1 Å². The number of carbonyl (C=O) groups is 1. The van der Waals surface area contributed by atoms with Crippen LogP contribution in [0.1, 0.15) is 13.3 Å². The monoisotopic (exact) mass is 268 g/mol. The lowest BCUT2D eigenvalue weighted by atomic mass is 10.2. The number of rotatable bonds is 5.